The van der Waals surface area contributed by atoms with Gasteiger partial charge in [-0.3, -0.25) is 4.79 Å². The molecule has 0 unspecified atom stereocenters. The van der Waals surface area contributed by atoms with Crippen molar-refractivity contribution in [3.63, 3.8) is 0 Å². The second kappa shape index (κ2) is 4.99. The Morgan fingerprint density at radius 1 is 1.47 bits per heavy atom. The van der Waals surface area contributed by atoms with Crippen molar-refractivity contribution in [1.29, 1.82) is 0 Å². The van der Waals surface area contributed by atoms with Crippen LogP contribution in [0, 0.1) is 0 Å². The van der Waals surface area contributed by atoms with Crippen molar-refractivity contribution in [2.45, 2.75) is 0 Å². The molecular formula is C10H10NO4-. The van der Waals surface area contributed by atoms with Crippen LogP contribution in [0.3, 0.4) is 0 Å². The minimum Gasteiger partial charge on any atom is -0.548 e. The molecule has 0 atom stereocenters. The van der Waals surface area contributed by atoms with Crippen LogP contribution in [-0.2, 0) is 4.79 Å². The van der Waals surface area contributed by atoms with Crippen LogP contribution >= 0.6 is 0 Å². The van der Waals surface area contributed by atoms with E-state index < -0.39 is 18.4 Å². The molecule has 0 aromatic heterocycles. The van der Waals surface area contributed by atoms with Gasteiger partial charge in [-0.15, -0.1) is 0 Å². The quantitative estimate of drug-likeness (QED) is 0.700. The molecule has 0 heterocycles. The fourth-order valence-electron chi connectivity index (χ4n) is 1.02. The van der Waals surface area contributed by atoms with Crippen molar-refractivity contribution in [2.75, 3.05) is 13.7 Å². The summed E-state index contributed by atoms with van der Waals surface area (Å²) in [5, 5.41) is 12.3. The van der Waals surface area contributed by atoms with Crippen LogP contribution in [0.4, 0.5) is 0 Å². The van der Waals surface area contributed by atoms with E-state index in [9.17, 15) is 14.7 Å². The van der Waals surface area contributed by atoms with Gasteiger partial charge < -0.3 is 20.0 Å². The molecule has 0 spiro atoms. The molecule has 1 amide bonds. The molecule has 5 heteroatoms. The third kappa shape index (κ3) is 3.30. The maximum atomic E-state index is 11.4. The first-order valence-corrected chi connectivity index (χ1v) is 4.25. The third-order valence-corrected chi connectivity index (χ3v) is 1.73. The summed E-state index contributed by atoms with van der Waals surface area (Å²) in [7, 11) is 1.48. The SMILES string of the molecule is COc1cccc(C(=O)NCC(=O)[O-])c1. The van der Waals surface area contributed by atoms with Crippen LogP contribution in [0.15, 0.2) is 24.3 Å². The first-order chi connectivity index (χ1) is 7.13. The minimum atomic E-state index is -1.33. The van der Waals surface area contributed by atoms with Crippen LogP contribution in [0.5, 0.6) is 5.75 Å². The standard InChI is InChI=1S/C10H11NO4/c1-15-8-4-2-3-7(5-8)10(14)11-6-9(12)13/h2-5H,6H2,1H3,(H,11,14)(H,12,13)/p-1. The summed E-state index contributed by atoms with van der Waals surface area (Å²) in [6.07, 6.45) is 0. The van der Waals surface area contributed by atoms with Crippen molar-refractivity contribution in [1.82, 2.24) is 5.32 Å². The zero-order chi connectivity index (χ0) is 11.3. The molecule has 0 aliphatic carbocycles. The second-order valence-electron chi connectivity index (χ2n) is 2.79. The lowest BCUT2D eigenvalue weighted by molar-refractivity contribution is -0.303. The molecule has 1 rings (SSSR count). The molecule has 1 N–H and O–H groups in total. The summed E-state index contributed by atoms with van der Waals surface area (Å²) in [6, 6.07) is 6.42. The molecule has 15 heavy (non-hydrogen) atoms. The van der Waals surface area contributed by atoms with Crippen LogP contribution in [0.2, 0.25) is 0 Å². The number of hydrogen-bond acceptors (Lipinski definition) is 4. The molecule has 80 valence electrons. The molecule has 0 saturated heterocycles. The Morgan fingerprint density at radius 2 is 2.20 bits per heavy atom. The van der Waals surface area contributed by atoms with Gasteiger partial charge in [-0.1, -0.05) is 6.07 Å². The molecule has 0 saturated carbocycles. The normalized spacial score (nSPS) is 9.40. The third-order valence-electron chi connectivity index (χ3n) is 1.73. The van der Waals surface area contributed by atoms with E-state index in [-0.39, 0.29) is 0 Å². The number of aliphatic carboxylic acids is 1. The number of rotatable bonds is 4. The first kappa shape index (κ1) is 11.0. The van der Waals surface area contributed by atoms with E-state index in [1.54, 1.807) is 18.2 Å². The average molecular weight is 208 g/mol. The molecular weight excluding hydrogens is 198 g/mol. The Hall–Kier alpha value is -2.04. The van der Waals surface area contributed by atoms with Crippen molar-refractivity contribution in [3.05, 3.63) is 29.8 Å². The zero-order valence-electron chi connectivity index (χ0n) is 8.15. The largest absolute Gasteiger partial charge is 0.548 e. The fraction of sp³-hybridized carbons (Fsp3) is 0.200. The second-order valence-corrected chi connectivity index (χ2v) is 2.79. The summed E-state index contributed by atoms with van der Waals surface area (Å²) < 4.78 is 4.92. The number of carbonyl (C=O) groups is 2. The highest BCUT2D eigenvalue weighted by molar-refractivity contribution is 5.95. The van der Waals surface area contributed by atoms with Gasteiger partial charge in [0, 0.05) is 5.56 Å². The van der Waals surface area contributed by atoms with E-state index in [2.05, 4.69) is 5.32 Å². The van der Waals surface area contributed by atoms with Crippen LogP contribution in [0.1, 0.15) is 10.4 Å². The Morgan fingerprint density at radius 3 is 2.80 bits per heavy atom. The first-order valence-electron chi connectivity index (χ1n) is 4.25. The van der Waals surface area contributed by atoms with E-state index in [0.29, 0.717) is 11.3 Å². The minimum absolute atomic E-state index is 0.343. The number of ether oxygens (including phenoxy) is 1. The lowest BCUT2D eigenvalue weighted by Crippen LogP contribution is -2.37. The van der Waals surface area contributed by atoms with Crippen molar-refractivity contribution in [2.24, 2.45) is 0 Å². The van der Waals surface area contributed by atoms with E-state index >= 15 is 0 Å². The maximum Gasteiger partial charge on any atom is 0.251 e. The molecule has 0 bridgehead atoms. The van der Waals surface area contributed by atoms with Crippen molar-refractivity contribution >= 4 is 11.9 Å². The predicted octanol–water partition coefficient (Wildman–Crippen LogP) is -0.825. The molecule has 1 aromatic rings. The van der Waals surface area contributed by atoms with Crippen LogP contribution in [-0.4, -0.2) is 25.5 Å². The molecule has 0 radical (unpaired) electrons. The summed E-state index contributed by atoms with van der Waals surface area (Å²) in [6.45, 7) is -0.504. The van der Waals surface area contributed by atoms with Crippen LogP contribution < -0.4 is 15.2 Å². The van der Waals surface area contributed by atoms with E-state index in [4.69, 9.17) is 4.74 Å². The fourth-order valence-corrected chi connectivity index (χ4v) is 1.02. The monoisotopic (exact) mass is 208 g/mol. The van der Waals surface area contributed by atoms with Gasteiger partial charge in [0.1, 0.15) is 5.75 Å². The topological polar surface area (TPSA) is 78.5 Å². The van der Waals surface area contributed by atoms with Gasteiger partial charge in [0.2, 0.25) is 0 Å². The smallest absolute Gasteiger partial charge is 0.251 e. The summed E-state index contributed by atoms with van der Waals surface area (Å²) in [5.41, 5.74) is 0.343. The maximum absolute atomic E-state index is 11.4. The van der Waals surface area contributed by atoms with E-state index in [1.165, 1.54) is 13.2 Å². The summed E-state index contributed by atoms with van der Waals surface area (Å²) >= 11 is 0. The molecule has 5 nitrogen and oxygen atoms in total. The molecule has 1 aromatic carbocycles. The Balaban J connectivity index is 2.69. The van der Waals surface area contributed by atoms with Crippen molar-refractivity contribution < 1.29 is 19.4 Å². The molecule has 0 fully saturated rings. The average Bonchev–Trinajstić information content (AvgIpc) is 2.26. The van der Waals surface area contributed by atoms with Crippen molar-refractivity contribution in [3.8, 4) is 5.75 Å². The number of amides is 1. The number of carbonyl (C=O) groups excluding carboxylic acids is 2. The number of nitrogens with one attached hydrogen (secondary N) is 1. The lowest BCUT2D eigenvalue weighted by atomic mass is 10.2. The molecule has 0 aliphatic heterocycles. The zero-order valence-corrected chi connectivity index (χ0v) is 8.15. The van der Waals surface area contributed by atoms with E-state index in [0.717, 1.165) is 0 Å². The number of carboxylic acids is 1. The summed E-state index contributed by atoms with van der Waals surface area (Å²) in [4.78, 5) is 21.5. The number of hydrogen-bond donors (Lipinski definition) is 1. The highest BCUT2D eigenvalue weighted by atomic mass is 16.5. The summed E-state index contributed by atoms with van der Waals surface area (Å²) in [5.74, 6) is -1.26. The Bertz CT molecular complexity index is 375. The molecule has 0 aliphatic rings. The van der Waals surface area contributed by atoms with Gasteiger partial charge in [-0.25, -0.2) is 0 Å². The van der Waals surface area contributed by atoms with Gasteiger partial charge in [-0.05, 0) is 18.2 Å². The highest BCUT2D eigenvalue weighted by Crippen LogP contribution is 2.11. The lowest BCUT2D eigenvalue weighted by Gasteiger charge is -2.06. The Kier molecular flexibility index (Phi) is 3.68. The van der Waals surface area contributed by atoms with Gasteiger partial charge in [0.25, 0.3) is 5.91 Å². The predicted molar refractivity (Wildman–Crippen MR) is 50.3 cm³/mol. The number of carboxylic acid groups (broad SMARTS) is 1. The number of methoxy groups -OCH3 is 1. The van der Waals surface area contributed by atoms with Gasteiger partial charge in [0.05, 0.1) is 19.6 Å². The van der Waals surface area contributed by atoms with Gasteiger partial charge in [-0.2, -0.15) is 0 Å². The van der Waals surface area contributed by atoms with Gasteiger partial charge in [0.15, 0.2) is 0 Å². The number of benzene rings is 1. The van der Waals surface area contributed by atoms with E-state index in [1.807, 2.05) is 0 Å². The van der Waals surface area contributed by atoms with Crippen LogP contribution in [0.25, 0.3) is 0 Å². The van der Waals surface area contributed by atoms with Gasteiger partial charge >= 0.3 is 0 Å². The highest BCUT2D eigenvalue weighted by Gasteiger charge is 2.05. The Labute approximate surface area is 86.7 Å².